The van der Waals surface area contributed by atoms with Crippen molar-refractivity contribution >= 4 is 16.8 Å². The zero-order valence-electron chi connectivity index (χ0n) is 14.0. The minimum atomic E-state index is -0.537. The van der Waals surface area contributed by atoms with E-state index in [1.807, 2.05) is 6.07 Å². The van der Waals surface area contributed by atoms with Crippen LogP contribution >= 0.6 is 0 Å². The lowest BCUT2D eigenvalue weighted by atomic mass is 10.1. The van der Waals surface area contributed by atoms with Gasteiger partial charge >= 0.3 is 5.69 Å². The molecule has 0 atom stereocenters. The number of morpholine rings is 1. The predicted octanol–water partition coefficient (Wildman–Crippen LogP) is 1.15. The fraction of sp³-hybridized carbons (Fsp3) is 0.211. The Labute approximate surface area is 148 Å². The Morgan fingerprint density at radius 1 is 1.00 bits per heavy atom. The van der Waals surface area contributed by atoms with E-state index in [-0.39, 0.29) is 5.91 Å². The number of H-pyrrole nitrogens is 1. The van der Waals surface area contributed by atoms with E-state index in [1.54, 1.807) is 47.4 Å². The number of fused-ring (bicyclic) bond motifs is 1. The summed E-state index contributed by atoms with van der Waals surface area (Å²) in [6.07, 6.45) is 0. The van der Waals surface area contributed by atoms with E-state index in [2.05, 4.69) is 4.98 Å². The summed E-state index contributed by atoms with van der Waals surface area (Å²) in [7, 11) is 0. The Balaban J connectivity index is 1.80. The third-order valence-corrected chi connectivity index (χ3v) is 4.46. The number of para-hydroxylation sites is 1. The smallest absolute Gasteiger partial charge is 0.333 e. The maximum absolute atomic E-state index is 12.8. The van der Waals surface area contributed by atoms with Crippen molar-refractivity contribution in [2.24, 2.45) is 0 Å². The Morgan fingerprint density at radius 3 is 2.46 bits per heavy atom. The van der Waals surface area contributed by atoms with Crippen LogP contribution in [0, 0.1) is 0 Å². The number of hydrogen-bond donors (Lipinski definition) is 1. The van der Waals surface area contributed by atoms with Crippen LogP contribution in [0.4, 0.5) is 0 Å². The Hall–Kier alpha value is -3.19. The number of carbonyl (C=O) groups excluding carboxylic acids is 1. The molecule has 2 heterocycles. The zero-order valence-corrected chi connectivity index (χ0v) is 14.0. The number of aromatic amines is 1. The molecule has 0 bridgehead atoms. The SMILES string of the molecule is O=C(c1ccc2c(=O)n(-c3ccccc3)c(=O)[nH]c2c1)N1CCOCC1. The molecule has 1 fully saturated rings. The summed E-state index contributed by atoms with van der Waals surface area (Å²) in [4.78, 5) is 42.2. The lowest BCUT2D eigenvalue weighted by Gasteiger charge is -2.26. The first-order valence-corrected chi connectivity index (χ1v) is 8.37. The maximum Gasteiger partial charge on any atom is 0.333 e. The summed E-state index contributed by atoms with van der Waals surface area (Å²) in [6.45, 7) is 2.09. The number of ether oxygens (including phenoxy) is 1. The Morgan fingerprint density at radius 2 is 1.73 bits per heavy atom. The van der Waals surface area contributed by atoms with Gasteiger partial charge in [-0.25, -0.2) is 9.36 Å². The second-order valence-corrected chi connectivity index (χ2v) is 6.07. The Kier molecular flexibility index (Phi) is 4.14. The average molecular weight is 351 g/mol. The number of carbonyl (C=O) groups is 1. The molecule has 0 unspecified atom stereocenters. The first-order valence-electron chi connectivity index (χ1n) is 8.37. The molecule has 26 heavy (non-hydrogen) atoms. The normalized spacial score (nSPS) is 14.5. The fourth-order valence-electron chi connectivity index (χ4n) is 3.11. The molecule has 4 rings (SSSR count). The molecule has 0 radical (unpaired) electrons. The van der Waals surface area contributed by atoms with Gasteiger partial charge in [0.25, 0.3) is 11.5 Å². The van der Waals surface area contributed by atoms with E-state index in [1.165, 1.54) is 0 Å². The van der Waals surface area contributed by atoms with Crippen molar-refractivity contribution in [2.75, 3.05) is 26.3 Å². The Bertz CT molecular complexity index is 1080. The van der Waals surface area contributed by atoms with Crippen LogP contribution < -0.4 is 11.2 Å². The molecule has 7 nitrogen and oxygen atoms in total. The molecule has 1 N–H and O–H groups in total. The molecule has 1 aromatic heterocycles. The molecule has 2 aromatic carbocycles. The third kappa shape index (κ3) is 2.82. The van der Waals surface area contributed by atoms with Crippen molar-refractivity contribution in [3.63, 3.8) is 0 Å². The van der Waals surface area contributed by atoms with Crippen LogP contribution in [0.3, 0.4) is 0 Å². The van der Waals surface area contributed by atoms with Crippen LogP contribution in [-0.2, 0) is 4.74 Å². The number of rotatable bonds is 2. The van der Waals surface area contributed by atoms with Crippen LogP contribution in [0.2, 0.25) is 0 Å². The topological polar surface area (TPSA) is 84.4 Å². The second kappa shape index (κ2) is 6.61. The standard InChI is InChI=1S/C19H17N3O4/c23-17(21-8-10-26-11-9-21)13-6-7-15-16(12-13)20-19(25)22(18(15)24)14-4-2-1-3-5-14/h1-7,12H,8-11H2,(H,20,25). The van der Waals surface area contributed by atoms with Gasteiger partial charge in [-0.05, 0) is 30.3 Å². The molecule has 1 amide bonds. The molecule has 7 heteroatoms. The minimum absolute atomic E-state index is 0.136. The van der Waals surface area contributed by atoms with E-state index in [0.29, 0.717) is 48.5 Å². The van der Waals surface area contributed by atoms with Gasteiger partial charge in [0.1, 0.15) is 0 Å². The largest absolute Gasteiger partial charge is 0.378 e. The van der Waals surface area contributed by atoms with Gasteiger partial charge in [-0.15, -0.1) is 0 Å². The molecule has 3 aromatic rings. The molecule has 1 aliphatic heterocycles. The van der Waals surface area contributed by atoms with Gasteiger partial charge in [-0.3, -0.25) is 9.59 Å². The van der Waals surface area contributed by atoms with Gasteiger partial charge in [0.05, 0.1) is 29.8 Å². The monoisotopic (exact) mass is 351 g/mol. The van der Waals surface area contributed by atoms with Crippen LogP contribution in [0.25, 0.3) is 16.6 Å². The molecule has 1 aliphatic rings. The van der Waals surface area contributed by atoms with Crippen LogP contribution in [0.15, 0.2) is 58.1 Å². The van der Waals surface area contributed by atoms with Crippen molar-refractivity contribution in [2.45, 2.75) is 0 Å². The number of aromatic nitrogens is 2. The van der Waals surface area contributed by atoms with Crippen molar-refractivity contribution in [1.82, 2.24) is 14.5 Å². The highest BCUT2D eigenvalue weighted by atomic mass is 16.5. The van der Waals surface area contributed by atoms with E-state index >= 15 is 0 Å². The maximum atomic E-state index is 12.8. The van der Waals surface area contributed by atoms with Crippen LogP contribution in [0.1, 0.15) is 10.4 Å². The summed E-state index contributed by atoms with van der Waals surface area (Å²) >= 11 is 0. The first kappa shape index (κ1) is 16.3. The van der Waals surface area contributed by atoms with Crippen molar-refractivity contribution in [1.29, 1.82) is 0 Å². The zero-order chi connectivity index (χ0) is 18.1. The van der Waals surface area contributed by atoms with Gasteiger partial charge in [0, 0.05) is 18.7 Å². The summed E-state index contributed by atoms with van der Waals surface area (Å²) < 4.78 is 6.35. The summed E-state index contributed by atoms with van der Waals surface area (Å²) in [6, 6.07) is 13.5. The van der Waals surface area contributed by atoms with Gasteiger partial charge in [0.2, 0.25) is 0 Å². The predicted molar refractivity (Wildman–Crippen MR) is 96.9 cm³/mol. The van der Waals surface area contributed by atoms with E-state index in [4.69, 9.17) is 4.74 Å². The van der Waals surface area contributed by atoms with Gasteiger partial charge in [0.15, 0.2) is 0 Å². The number of amides is 1. The molecular weight excluding hydrogens is 334 g/mol. The molecule has 0 aliphatic carbocycles. The molecule has 132 valence electrons. The highest BCUT2D eigenvalue weighted by molar-refractivity contribution is 5.97. The van der Waals surface area contributed by atoms with Gasteiger partial charge in [-0.2, -0.15) is 0 Å². The lowest BCUT2D eigenvalue weighted by Crippen LogP contribution is -2.40. The third-order valence-electron chi connectivity index (χ3n) is 4.46. The van der Waals surface area contributed by atoms with Crippen molar-refractivity contribution in [3.05, 3.63) is 74.9 Å². The number of nitrogens with zero attached hydrogens (tertiary/aromatic N) is 2. The van der Waals surface area contributed by atoms with E-state index in [0.717, 1.165) is 4.57 Å². The average Bonchev–Trinajstić information content (AvgIpc) is 2.68. The van der Waals surface area contributed by atoms with Crippen molar-refractivity contribution in [3.8, 4) is 5.69 Å². The number of nitrogens with one attached hydrogen (secondary N) is 1. The van der Waals surface area contributed by atoms with Gasteiger partial charge in [-0.1, -0.05) is 18.2 Å². The molecule has 0 saturated carbocycles. The highest BCUT2D eigenvalue weighted by Crippen LogP contribution is 2.13. The number of benzene rings is 2. The van der Waals surface area contributed by atoms with Gasteiger partial charge < -0.3 is 14.6 Å². The summed E-state index contributed by atoms with van der Waals surface area (Å²) in [5, 5.41) is 0.354. The first-order chi connectivity index (χ1) is 12.6. The van der Waals surface area contributed by atoms with E-state index in [9.17, 15) is 14.4 Å². The molecule has 0 spiro atoms. The summed E-state index contributed by atoms with van der Waals surface area (Å²) in [5.41, 5.74) is 0.331. The second-order valence-electron chi connectivity index (χ2n) is 6.07. The van der Waals surface area contributed by atoms with Crippen LogP contribution in [-0.4, -0.2) is 46.7 Å². The van der Waals surface area contributed by atoms with E-state index < -0.39 is 11.2 Å². The molecular formula is C19H17N3O4. The molecule has 1 saturated heterocycles. The quantitative estimate of drug-likeness (QED) is 0.751. The fourth-order valence-corrected chi connectivity index (χ4v) is 3.11. The summed E-state index contributed by atoms with van der Waals surface area (Å²) in [5.74, 6) is -0.136. The lowest BCUT2D eigenvalue weighted by molar-refractivity contribution is 0.0303. The minimum Gasteiger partial charge on any atom is -0.378 e. The van der Waals surface area contributed by atoms with Crippen molar-refractivity contribution < 1.29 is 9.53 Å². The highest BCUT2D eigenvalue weighted by Gasteiger charge is 2.19. The van der Waals surface area contributed by atoms with Crippen LogP contribution in [0.5, 0.6) is 0 Å². The number of hydrogen-bond acceptors (Lipinski definition) is 4.